The van der Waals surface area contributed by atoms with Gasteiger partial charge >= 0.3 is 5.97 Å². The molecule has 2 N–H and O–H groups in total. The largest absolute Gasteiger partial charge is 0.481 e. The maximum Gasteiger partial charge on any atom is 0.311 e. The SMILES string of the molecule is CC(C)c1cc(C(=O)N2CCC(C)(C(=O)O)C2)cc(=O)[nH]1. The average molecular weight is 292 g/mol. The molecule has 1 fully saturated rings. The van der Waals surface area contributed by atoms with Gasteiger partial charge in [-0.15, -0.1) is 0 Å². The Morgan fingerprint density at radius 1 is 1.38 bits per heavy atom. The molecule has 6 heteroatoms. The lowest BCUT2D eigenvalue weighted by atomic mass is 9.90. The lowest BCUT2D eigenvalue weighted by molar-refractivity contribution is -0.147. The van der Waals surface area contributed by atoms with Crippen molar-refractivity contribution in [1.29, 1.82) is 0 Å². The van der Waals surface area contributed by atoms with Crippen LogP contribution in [0.3, 0.4) is 0 Å². The number of pyridine rings is 1. The summed E-state index contributed by atoms with van der Waals surface area (Å²) in [6.45, 7) is 6.06. The van der Waals surface area contributed by atoms with Crippen LogP contribution in [0.5, 0.6) is 0 Å². The first-order valence-electron chi connectivity index (χ1n) is 7.00. The van der Waals surface area contributed by atoms with Gasteiger partial charge in [-0.05, 0) is 25.3 Å². The summed E-state index contributed by atoms with van der Waals surface area (Å²) in [4.78, 5) is 39.6. The molecule has 0 spiro atoms. The van der Waals surface area contributed by atoms with Crippen LogP contribution < -0.4 is 5.56 Å². The number of hydrogen-bond donors (Lipinski definition) is 2. The Hall–Kier alpha value is -2.11. The number of aromatic nitrogens is 1. The van der Waals surface area contributed by atoms with Crippen molar-refractivity contribution in [3.8, 4) is 0 Å². The van der Waals surface area contributed by atoms with Gasteiger partial charge in [0.05, 0.1) is 5.41 Å². The Labute approximate surface area is 122 Å². The summed E-state index contributed by atoms with van der Waals surface area (Å²) < 4.78 is 0. The zero-order valence-corrected chi connectivity index (χ0v) is 12.5. The first kappa shape index (κ1) is 15.3. The highest BCUT2D eigenvalue weighted by Crippen LogP contribution is 2.31. The first-order chi connectivity index (χ1) is 9.73. The van der Waals surface area contributed by atoms with Gasteiger partial charge in [-0.1, -0.05) is 13.8 Å². The third-order valence-corrected chi connectivity index (χ3v) is 4.01. The highest BCUT2D eigenvalue weighted by atomic mass is 16.4. The van der Waals surface area contributed by atoms with Crippen LogP contribution in [-0.2, 0) is 4.79 Å². The lowest BCUT2D eigenvalue weighted by Gasteiger charge is -2.20. The molecule has 2 heterocycles. The fourth-order valence-corrected chi connectivity index (χ4v) is 2.49. The van der Waals surface area contributed by atoms with Crippen LogP contribution in [0.25, 0.3) is 0 Å². The van der Waals surface area contributed by atoms with Crippen LogP contribution in [0.4, 0.5) is 0 Å². The zero-order chi connectivity index (χ0) is 15.8. The van der Waals surface area contributed by atoms with Gasteiger partial charge in [-0.3, -0.25) is 14.4 Å². The molecule has 0 aliphatic carbocycles. The summed E-state index contributed by atoms with van der Waals surface area (Å²) in [5, 5.41) is 9.21. The number of carbonyl (C=O) groups is 2. The minimum Gasteiger partial charge on any atom is -0.481 e. The molecule has 1 aromatic heterocycles. The number of nitrogens with zero attached hydrogens (tertiary/aromatic N) is 1. The van der Waals surface area contributed by atoms with Crippen molar-refractivity contribution in [2.24, 2.45) is 5.41 Å². The summed E-state index contributed by atoms with van der Waals surface area (Å²) in [5.41, 5.74) is -0.203. The smallest absolute Gasteiger partial charge is 0.311 e. The summed E-state index contributed by atoms with van der Waals surface area (Å²) in [7, 11) is 0. The van der Waals surface area contributed by atoms with Gasteiger partial charge in [-0.25, -0.2) is 0 Å². The standard InChI is InChI=1S/C15H20N2O4/c1-9(2)11-6-10(7-12(18)16-11)13(19)17-5-4-15(3,8-17)14(20)21/h6-7,9H,4-5,8H2,1-3H3,(H,16,18)(H,20,21). The molecule has 1 aliphatic heterocycles. The summed E-state index contributed by atoms with van der Waals surface area (Å²) in [6, 6.07) is 2.94. The Kier molecular flexibility index (Phi) is 3.89. The van der Waals surface area contributed by atoms with Gasteiger partial charge < -0.3 is 15.0 Å². The fourth-order valence-electron chi connectivity index (χ4n) is 2.49. The second-order valence-electron chi connectivity index (χ2n) is 6.19. The van der Waals surface area contributed by atoms with E-state index in [-0.39, 0.29) is 23.9 Å². The number of nitrogens with one attached hydrogen (secondary N) is 1. The summed E-state index contributed by atoms with van der Waals surface area (Å²) >= 11 is 0. The molecule has 114 valence electrons. The monoisotopic (exact) mass is 292 g/mol. The van der Waals surface area contributed by atoms with E-state index in [1.54, 1.807) is 13.0 Å². The maximum absolute atomic E-state index is 12.5. The molecule has 0 radical (unpaired) electrons. The number of H-pyrrole nitrogens is 1. The predicted octanol–water partition coefficient (Wildman–Crippen LogP) is 1.44. The summed E-state index contributed by atoms with van der Waals surface area (Å²) in [5.74, 6) is -1.08. The number of likely N-dealkylation sites (tertiary alicyclic amines) is 1. The minimum absolute atomic E-state index is 0.105. The number of carboxylic acids is 1. The Morgan fingerprint density at radius 2 is 2.05 bits per heavy atom. The number of hydrogen-bond acceptors (Lipinski definition) is 3. The van der Waals surface area contributed by atoms with Gasteiger partial charge in [-0.2, -0.15) is 0 Å². The molecule has 6 nitrogen and oxygen atoms in total. The van der Waals surface area contributed by atoms with Crippen molar-refractivity contribution in [1.82, 2.24) is 9.88 Å². The molecule has 1 aromatic rings. The molecule has 1 saturated heterocycles. The Balaban J connectivity index is 2.26. The number of carboxylic acid groups (broad SMARTS) is 1. The topological polar surface area (TPSA) is 90.5 Å². The molecule has 1 amide bonds. The quantitative estimate of drug-likeness (QED) is 0.882. The van der Waals surface area contributed by atoms with Crippen molar-refractivity contribution in [2.45, 2.75) is 33.1 Å². The molecule has 0 aromatic carbocycles. The molecule has 1 atom stereocenters. The van der Waals surface area contributed by atoms with Crippen molar-refractivity contribution in [2.75, 3.05) is 13.1 Å². The molecule has 0 saturated carbocycles. The van der Waals surface area contributed by atoms with Gasteiger partial charge in [0.15, 0.2) is 0 Å². The molecule has 1 unspecified atom stereocenters. The number of carbonyl (C=O) groups excluding carboxylic acids is 1. The van der Waals surface area contributed by atoms with E-state index in [1.807, 2.05) is 13.8 Å². The van der Waals surface area contributed by atoms with E-state index in [0.717, 1.165) is 0 Å². The van der Waals surface area contributed by atoms with Crippen LogP contribution in [0.2, 0.25) is 0 Å². The second kappa shape index (κ2) is 5.35. The molecular weight excluding hydrogens is 272 g/mol. The average Bonchev–Trinajstić information content (AvgIpc) is 2.81. The second-order valence-corrected chi connectivity index (χ2v) is 6.19. The van der Waals surface area contributed by atoms with Crippen LogP contribution in [0, 0.1) is 5.41 Å². The Morgan fingerprint density at radius 3 is 2.57 bits per heavy atom. The van der Waals surface area contributed by atoms with Crippen molar-refractivity contribution in [3.05, 3.63) is 33.7 Å². The van der Waals surface area contributed by atoms with E-state index >= 15 is 0 Å². The molecule has 21 heavy (non-hydrogen) atoms. The maximum atomic E-state index is 12.5. The van der Waals surface area contributed by atoms with E-state index in [2.05, 4.69) is 4.98 Å². The lowest BCUT2D eigenvalue weighted by Crippen LogP contribution is -2.35. The third kappa shape index (κ3) is 2.99. The van der Waals surface area contributed by atoms with Gasteiger partial charge in [0.1, 0.15) is 0 Å². The van der Waals surface area contributed by atoms with Crippen LogP contribution >= 0.6 is 0 Å². The third-order valence-electron chi connectivity index (χ3n) is 4.01. The van der Waals surface area contributed by atoms with Crippen LogP contribution in [0.15, 0.2) is 16.9 Å². The minimum atomic E-state index is -0.905. The molecular formula is C15H20N2O4. The first-order valence-corrected chi connectivity index (χ1v) is 7.00. The highest BCUT2D eigenvalue weighted by Gasteiger charge is 2.42. The highest BCUT2D eigenvalue weighted by molar-refractivity contribution is 5.95. The molecule has 1 aliphatic rings. The fraction of sp³-hybridized carbons (Fsp3) is 0.533. The Bertz CT molecular complexity index is 635. The normalized spacial score (nSPS) is 21.8. The van der Waals surface area contributed by atoms with E-state index < -0.39 is 11.4 Å². The summed E-state index contributed by atoms with van der Waals surface area (Å²) in [6.07, 6.45) is 0.425. The predicted molar refractivity (Wildman–Crippen MR) is 77.4 cm³/mol. The van der Waals surface area contributed by atoms with Crippen molar-refractivity contribution < 1.29 is 14.7 Å². The van der Waals surface area contributed by atoms with E-state index in [1.165, 1.54) is 11.0 Å². The number of rotatable bonds is 3. The van der Waals surface area contributed by atoms with Gasteiger partial charge in [0.25, 0.3) is 5.91 Å². The van der Waals surface area contributed by atoms with Gasteiger partial charge in [0, 0.05) is 30.4 Å². The van der Waals surface area contributed by atoms with Crippen molar-refractivity contribution >= 4 is 11.9 Å². The zero-order valence-electron chi connectivity index (χ0n) is 12.5. The number of amides is 1. The van der Waals surface area contributed by atoms with Crippen LogP contribution in [-0.4, -0.2) is 40.0 Å². The van der Waals surface area contributed by atoms with Gasteiger partial charge in [0.2, 0.25) is 5.56 Å². The van der Waals surface area contributed by atoms with Crippen molar-refractivity contribution in [3.63, 3.8) is 0 Å². The molecule has 2 rings (SSSR count). The van der Waals surface area contributed by atoms with E-state index in [9.17, 15) is 19.5 Å². The molecule has 0 bridgehead atoms. The number of aliphatic carboxylic acids is 1. The van der Waals surface area contributed by atoms with E-state index in [0.29, 0.717) is 24.2 Å². The number of aromatic amines is 1. The van der Waals surface area contributed by atoms with Crippen LogP contribution in [0.1, 0.15) is 49.2 Å². The van der Waals surface area contributed by atoms with E-state index in [4.69, 9.17) is 0 Å².